The lowest BCUT2D eigenvalue weighted by atomic mass is 9.84. The second-order valence-corrected chi connectivity index (χ2v) is 3.76. The highest BCUT2D eigenvalue weighted by molar-refractivity contribution is 4.79. The highest BCUT2D eigenvalue weighted by Gasteiger charge is 2.25. The van der Waals surface area contributed by atoms with Crippen LogP contribution in [0.4, 0.5) is 0 Å². The summed E-state index contributed by atoms with van der Waals surface area (Å²) in [6.07, 6.45) is 5.10. The lowest BCUT2D eigenvalue weighted by molar-refractivity contribution is 0.0975. The van der Waals surface area contributed by atoms with Gasteiger partial charge in [0.15, 0.2) is 0 Å². The fourth-order valence-corrected chi connectivity index (χ4v) is 2.08. The molecule has 0 aliphatic heterocycles. The van der Waals surface area contributed by atoms with Crippen LogP contribution >= 0.6 is 0 Å². The van der Waals surface area contributed by atoms with Crippen molar-refractivity contribution in [2.45, 2.75) is 31.7 Å². The second-order valence-electron chi connectivity index (χ2n) is 3.76. The van der Waals surface area contributed by atoms with Gasteiger partial charge in [0, 0.05) is 12.6 Å². The molecule has 2 atom stereocenters. The summed E-state index contributed by atoms with van der Waals surface area (Å²) in [7, 11) is 4.22. The maximum atomic E-state index is 9.08. The molecule has 1 fully saturated rings. The third-order valence-corrected chi connectivity index (χ3v) is 2.77. The summed E-state index contributed by atoms with van der Waals surface area (Å²) in [5.74, 6) is 0.527. The van der Waals surface area contributed by atoms with Crippen LogP contribution in [0.2, 0.25) is 0 Å². The molecule has 0 amide bonds. The van der Waals surface area contributed by atoms with Crippen molar-refractivity contribution in [1.82, 2.24) is 4.90 Å². The molecule has 0 spiro atoms. The smallest absolute Gasteiger partial charge is 0.0474 e. The number of aliphatic hydroxyl groups is 1. The Morgan fingerprint density at radius 1 is 1.27 bits per heavy atom. The van der Waals surface area contributed by atoms with Gasteiger partial charge < -0.3 is 10.0 Å². The predicted octanol–water partition coefficient (Wildman–Crippen LogP) is 1.10. The van der Waals surface area contributed by atoms with Crippen molar-refractivity contribution < 1.29 is 5.11 Å². The summed E-state index contributed by atoms with van der Waals surface area (Å²) in [5.41, 5.74) is 0. The first kappa shape index (κ1) is 9.01. The molecule has 0 bridgehead atoms. The lowest BCUT2D eigenvalue weighted by Crippen LogP contribution is -2.39. The van der Waals surface area contributed by atoms with Gasteiger partial charge in [-0.1, -0.05) is 12.8 Å². The van der Waals surface area contributed by atoms with E-state index in [1.807, 2.05) is 0 Å². The summed E-state index contributed by atoms with van der Waals surface area (Å²) in [4.78, 5) is 2.25. The molecule has 0 aromatic carbocycles. The van der Waals surface area contributed by atoms with Crippen LogP contribution in [-0.4, -0.2) is 36.8 Å². The van der Waals surface area contributed by atoms with Crippen LogP contribution in [0.5, 0.6) is 0 Å². The highest BCUT2D eigenvalue weighted by Crippen LogP contribution is 2.26. The number of hydrogen-bond acceptors (Lipinski definition) is 2. The van der Waals surface area contributed by atoms with Gasteiger partial charge in [-0.05, 0) is 32.9 Å². The van der Waals surface area contributed by atoms with Crippen LogP contribution in [0.3, 0.4) is 0 Å². The molecule has 2 heteroatoms. The second kappa shape index (κ2) is 4.07. The molecule has 0 heterocycles. The van der Waals surface area contributed by atoms with Gasteiger partial charge in [-0.15, -0.1) is 0 Å². The molecule has 11 heavy (non-hydrogen) atoms. The van der Waals surface area contributed by atoms with Gasteiger partial charge in [0.2, 0.25) is 0 Å². The summed E-state index contributed by atoms with van der Waals surface area (Å²) in [5, 5.41) is 9.08. The summed E-state index contributed by atoms with van der Waals surface area (Å²) in [6.45, 7) is 0.364. The van der Waals surface area contributed by atoms with E-state index in [-0.39, 0.29) is 0 Å². The van der Waals surface area contributed by atoms with E-state index in [4.69, 9.17) is 5.11 Å². The van der Waals surface area contributed by atoms with Gasteiger partial charge in [0.1, 0.15) is 0 Å². The van der Waals surface area contributed by atoms with E-state index < -0.39 is 0 Å². The quantitative estimate of drug-likeness (QED) is 0.649. The molecule has 0 aromatic heterocycles. The maximum absolute atomic E-state index is 9.08. The van der Waals surface area contributed by atoms with Crippen LogP contribution in [0.1, 0.15) is 25.7 Å². The van der Waals surface area contributed by atoms with Crippen molar-refractivity contribution >= 4 is 0 Å². The van der Waals surface area contributed by atoms with Crippen molar-refractivity contribution in [2.24, 2.45) is 5.92 Å². The van der Waals surface area contributed by atoms with Crippen LogP contribution in [0, 0.1) is 5.92 Å². The van der Waals surface area contributed by atoms with Gasteiger partial charge in [0.05, 0.1) is 0 Å². The van der Waals surface area contributed by atoms with Gasteiger partial charge in [-0.2, -0.15) is 0 Å². The number of nitrogens with zero attached hydrogens (tertiary/aromatic N) is 1. The Bertz CT molecular complexity index is 114. The predicted molar refractivity (Wildman–Crippen MR) is 46.5 cm³/mol. The van der Waals surface area contributed by atoms with Crippen LogP contribution in [0.15, 0.2) is 0 Å². The third kappa shape index (κ3) is 2.17. The first-order valence-electron chi connectivity index (χ1n) is 4.53. The molecule has 0 unspecified atom stereocenters. The SMILES string of the molecule is CN(C)[C@H]1CCCC[C@H]1CO. The Hall–Kier alpha value is -0.0800. The van der Waals surface area contributed by atoms with Crippen LogP contribution in [-0.2, 0) is 0 Å². The standard InChI is InChI=1S/C9H19NO/c1-10(2)9-6-4-3-5-8(9)7-11/h8-9,11H,3-7H2,1-2H3/t8-,9-/m0/s1. The minimum absolute atomic E-state index is 0.364. The minimum atomic E-state index is 0.364. The Labute approximate surface area is 69.2 Å². The summed E-state index contributed by atoms with van der Waals surface area (Å²) < 4.78 is 0. The molecular formula is C9H19NO. The van der Waals surface area contributed by atoms with Crippen molar-refractivity contribution in [3.8, 4) is 0 Å². The topological polar surface area (TPSA) is 23.5 Å². The molecule has 1 rings (SSSR count). The van der Waals surface area contributed by atoms with Crippen LogP contribution in [0.25, 0.3) is 0 Å². The van der Waals surface area contributed by atoms with E-state index >= 15 is 0 Å². The van der Waals surface area contributed by atoms with Gasteiger partial charge >= 0.3 is 0 Å². The number of aliphatic hydroxyl groups excluding tert-OH is 1. The summed E-state index contributed by atoms with van der Waals surface area (Å²) in [6, 6.07) is 0.619. The Morgan fingerprint density at radius 2 is 1.91 bits per heavy atom. The molecule has 1 aliphatic rings. The summed E-state index contributed by atoms with van der Waals surface area (Å²) >= 11 is 0. The van der Waals surface area contributed by atoms with E-state index in [1.54, 1.807) is 0 Å². The average molecular weight is 157 g/mol. The van der Waals surface area contributed by atoms with Crippen molar-refractivity contribution in [3.63, 3.8) is 0 Å². The fourth-order valence-electron chi connectivity index (χ4n) is 2.08. The van der Waals surface area contributed by atoms with Crippen molar-refractivity contribution in [3.05, 3.63) is 0 Å². The molecule has 1 saturated carbocycles. The Morgan fingerprint density at radius 3 is 2.36 bits per heavy atom. The van der Waals surface area contributed by atoms with Crippen molar-refractivity contribution in [2.75, 3.05) is 20.7 Å². The van der Waals surface area contributed by atoms with E-state index in [9.17, 15) is 0 Å². The molecule has 1 aliphatic carbocycles. The normalized spacial score (nSPS) is 32.7. The Balaban J connectivity index is 2.44. The van der Waals surface area contributed by atoms with E-state index in [2.05, 4.69) is 19.0 Å². The van der Waals surface area contributed by atoms with Gasteiger partial charge in [-0.25, -0.2) is 0 Å². The largest absolute Gasteiger partial charge is 0.396 e. The van der Waals surface area contributed by atoms with E-state index in [0.29, 0.717) is 18.6 Å². The lowest BCUT2D eigenvalue weighted by Gasteiger charge is -2.34. The highest BCUT2D eigenvalue weighted by atomic mass is 16.3. The van der Waals surface area contributed by atoms with E-state index in [0.717, 1.165) is 0 Å². The molecule has 2 nitrogen and oxygen atoms in total. The zero-order valence-corrected chi connectivity index (χ0v) is 7.58. The molecular weight excluding hydrogens is 138 g/mol. The van der Waals surface area contributed by atoms with Crippen molar-refractivity contribution in [1.29, 1.82) is 0 Å². The number of hydrogen-bond donors (Lipinski definition) is 1. The first-order valence-corrected chi connectivity index (χ1v) is 4.53. The Kier molecular flexibility index (Phi) is 3.34. The molecule has 0 radical (unpaired) electrons. The fraction of sp³-hybridized carbons (Fsp3) is 1.00. The zero-order chi connectivity index (χ0) is 8.27. The van der Waals surface area contributed by atoms with Gasteiger partial charge in [0.25, 0.3) is 0 Å². The molecule has 66 valence electrons. The molecule has 1 N–H and O–H groups in total. The number of rotatable bonds is 2. The van der Waals surface area contributed by atoms with Crippen LogP contribution < -0.4 is 0 Å². The molecule has 0 aromatic rings. The first-order chi connectivity index (χ1) is 5.25. The maximum Gasteiger partial charge on any atom is 0.0474 e. The minimum Gasteiger partial charge on any atom is -0.396 e. The average Bonchev–Trinajstić information content (AvgIpc) is 2.04. The zero-order valence-electron chi connectivity index (χ0n) is 7.58. The third-order valence-electron chi connectivity index (χ3n) is 2.77. The van der Waals surface area contributed by atoms with Gasteiger partial charge in [-0.3, -0.25) is 0 Å². The monoisotopic (exact) mass is 157 g/mol. The molecule has 0 saturated heterocycles. The van der Waals surface area contributed by atoms with E-state index in [1.165, 1.54) is 25.7 Å².